The van der Waals surface area contributed by atoms with E-state index in [1.807, 2.05) is 0 Å². The lowest BCUT2D eigenvalue weighted by Gasteiger charge is -2.16. The maximum absolute atomic E-state index is 10.9. The van der Waals surface area contributed by atoms with E-state index in [2.05, 4.69) is 30.7 Å². The number of esters is 1. The number of hydrogen-bond donors (Lipinski definition) is 0. The largest absolute Gasteiger partial charge is 0.469 e. The molecule has 0 aromatic rings. The van der Waals surface area contributed by atoms with E-state index in [0.717, 1.165) is 25.7 Å². The Bertz CT molecular complexity index is 259. The summed E-state index contributed by atoms with van der Waals surface area (Å²) >= 11 is 0. The molecule has 0 spiro atoms. The van der Waals surface area contributed by atoms with Gasteiger partial charge in [-0.05, 0) is 31.6 Å². The number of allylic oxidation sites excluding steroid dienone is 1. The van der Waals surface area contributed by atoms with E-state index in [0.29, 0.717) is 18.4 Å². The Kier molecular flexibility index (Phi) is 12.6. The first-order chi connectivity index (χ1) is 9.61. The second-order valence-electron chi connectivity index (χ2n) is 5.61. The summed E-state index contributed by atoms with van der Waals surface area (Å²) in [5, 5.41) is 0. The van der Waals surface area contributed by atoms with Crippen molar-refractivity contribution in [3.63, 3.8) is 0 Å². The Morgan fingerprint density at radius 1 is 1.00 bits per heavy atom. The molecule has 0 aromatic heterocycles. The van der Waals surface area contributed by atoms with Gasteiger partial charge in [-0.1, -0.05) is 45.3 Å². The Labute approximate surface area is 124 Å². The maximum Gasteiger partial charge on any atom is 0.305 e. The van der Waals surface area contributed by atoms with E-state index in [1.54, 1.807) is 7.11 Å². The van der Waals surface area contributed by atoms with Crippen LogP contribution in [0.2, 0.25) is 0 Å². The molecule has 0 radical (unpaired) electrons. The van der Waals surface area contributed by atoms with Crippen molar-refractivity contribution in [2.75, 3.05) is 14.2 Å². The molecular weight excluding hydrogens is 252 g/mol. The second kappa shape index (κ2) is 13.2. The number of carbonyl (C=O) groups excluding carboxylic acids is 1. The number of rotatable bonds is 12. The SMILES string of the molecule is COC(=O)CCCCCCC/C=C\CC(OC)C(C)C. The summed E-state index contributed by atoms with van der Waals surface area (Å²) in [5.41, 5.74) is 0. The third-order valence-electron chi connectivity index (χ3n) is 3.56. The Balaban J connectivity index is 3.37. The van der Waals surface area contributed by atoms with E-state index in [-0.39, 0.29) is 5.97 Å². The molecule has 0 amide bonds. The van der Waals surface area contributed by atoms with E-state index in [9.17, 15) is 4.79 Å². The molecule has 0 aliphatic rings. The molecule has 1 atom stereocenters. The molecule has 0 bridgehead atoms. The van der Waals surface area contributed by atoms with Gasteiger partial charge in [-0.15, -0.1) is 0 Å². The second-order valence-corrected chi connectivity index (χ2v) is 5.61. The van der Waals surface area contributed by atoms with Crippen molar-refractivity contribution in [3.05, 3.63) is 12.2 Å². The van der Waals surface area contributed by atoms with Crippen LogP contribution in [0.4, 0.5) is 0 Å². The summed E-state index contributed by atoms with van der Waals surface area (Å²) < 4.78 is 10.0. The fourth-order valence-electron chi connectivity index (χ4n) is 2.15. The highest BCUT2D eigenvalue weighted by molar-refractivity contribution is 5.68. The van der Waals surface area contributed by atoms with Crippen molar-refractivity contribution in [2.24, 2.45) is 5.92 Å². The molecule has 118 valence electrons. The van der Waals surface area contributed by atoms with Crippen LogP contribution in [-0.4, -0.2) is 26.3 Å². The fraction of sp³-hybridized carbons (Fsp3) is 0.824. The molecule has 0 fully saturated rings. The first kappa shape index (κ1) is 19.2. The van der Waals surface area contributed by atoms with Gasteiger partial charge in [0.05, 0.1) is 13.2 Å². The number of unbranched alkanes of at least 4 members (excludes halogenated alkanes) is 5. The lowest BCUT2D eigenvalue weighted by molar-refractivity contribution is -0.140. The molecule has 0 saturated carbocycles. The summed E-state index contributed by atoms with van der Waals surface area (Å²) in [6.07, 6.45) is 13.3. The molecule has 1 unspecified atom stereocenters. The summed E-state index contributed by atoms with van der Waals surface area (Å²) in [5.74, 6) is 0.477. The predicted octanol–water partition coefficient (Wildman–Crippen LogP) is 4.51. The monoisotopic (exact) mass is 284 g/mol. The minimum Gasteiger partial charge on any atom is -0.469 e. The normalized spacial score (nSPS) is 13.1. The molecular formula is C17H32O3. The van der Waals surface area contributed by atoms with Gasteiger partial charge >= 0.3 is 5.97 Å². The summed E-state index contributed by atoms with van der Waals surface area (Å²) in [4.78, 5) is 10.9. The highest BCUT2D eigenvalue weighted by Crippen LogP contribution is 2.12. The molecule has 3 nitrogen and oxygen atoms in total. The zero-order chi connectivity index (χ0) is 15.2. The van der Waals surface area contributed by atoms with Gasteiger partial charge in [0, 0.05) is 13.5 Å². The molecule has 0 rings (SSSR count). The van der Waals surface area contributed by atoms with Crippen molar-refractivity contribution >= 4 is 5.97 Å². The van der Waals surface area contributed by atoms with Crippen molar-refractivity contribution in [2.45, 2.75) is 71.3 Å². The Hall–Kier alpha value is -0.830. The van der Waals surface area contributed by atoms with Gasteiger partial charge < -0.3 is 9.47 Å². The van der Waals surface area contributed by atoms with Gasteiger partial charge in [0.15, 0.2) is 0 Å². The number of ether oxygens (including phenoxy) is 2. The van der Waals surface area contributed by atoms with Crippen LogP contribution in [0.1, 0.15) is 65.2 Å². The zero-order valence-corrected chi connectivity index (χ0v) is 13.7. The average molecular weight is 284 g/mol. The van der Waals surface area contributed by atoms with Gasteiger partial charge in [-0.3, -0.25) is 4.79 Å². The Morgan fingerprint density at radius 3 is 2.25 bits per heavy atom. The van der Waals surface area contributed by atoms with E-state index in [1.165, 1.54) is 26.4 Å². The van der Waals surface area contributed by atoms with Crippen LogP contribution in [-0.2, 0) is 14.3 Å². The van der Waals surface area contributed by atoms with E-state index in [4.69, 9.17) is 4.74 Å². The van der Waals surface area contributed by atoms with Gasteiger partial charge in [0.1, 0.15) is 0 Å². The van der Waals surface area contributed by atoms with Crippen molar-refractivity contribution in [1.82, 2.24) is 0 Å². The first-order valence-electron chi connectivity index (χ1n) is 7.86. The quantitative estimate of drug-likeness (QED) is 0.300. The van der Waals surface area contributed by atoms with E-state index < -0.39 is 0 Å². The van der Waals surface area contributed by atoms with Gasteiger partial charge in [0.2, 0.25) is 0 Å². The molecule has 3 heteroatoms. The van der Waals surface area contributed by atoms with Crippen LogP contribution in [0.25, 0.3) is 0 Å². The average Bonchev–Trinajstić information content (AvgIpc) is 2.44. The molecule has 20 heavy (non-hydrogen) atoms. The van der Waals surface area contributed by atoms with E-state index >= 15 is 0 Å². The predicted molar refractivity (Wildman–Crippen MR) is 83.7 cm³/mol. The smallest absolute Gasteiger partial charge is 0.305 e. The van der Waals surface area contributed by atoms with Gasteiger partial charge in [0.25, 0.3) is 0 Å². The third-order valence-corrected chi connectivity index (χ3v) is 3.56. The fourth-order valence-corrected chi connectivity index (χ4v) is 2.15. The summed E-state index contributed by atoms with van der Waals surface area (Å²) in [6, 6.07) is 0. The van der Waals surface area contributed by atoms with Crippen molar-refractivity contribution in [3.8, 4) is 0 Å². The summed E-state index contributed by atoms with van der Waals surface area (Å²) in [7, 11) is 3.23. The minimum absolute atomic E-state index is 0.0919. The highest BCUT2D eigenvalue weighted by atomic mass is 16.5. The highest BCUT2D eigenvalue weighted by Gasteiger charge is 2.09. The van der Waals surface area contributed by atoms with Crippen LogP contribution in [0.3, 0.4) is 0 Å². The van der Waals surface area contributed by atoms with Crippen LogP contribution in [0.15, 0.2) is 12.2 Å². The molecule has 0 heterocycles. The standard InChI is InChI=1S/C17H32O3/c1-15(2)16(19-3)13-11-9-7-5-6-8-10-12-14-17(18)20-4/h9,11,15-16H,5-8,10,12-14H2,1-4H3/b11-9-. The number of methoxy groups -OCH3 is 2. The molecule has 0 saturated heterocycles. The van der Waals surface area contributed by atoms with Crippen LogP contribution < -0.4 is 0 Å². The van der Waals surface area contributed by atoms with Crippen molar-refractivity contribution < 1.29 is 14.3 Å². The molecule has 0 aliphatic carbocycles. The first-order valence-corrected chi connectivity index (χ1v) is 7.86. The Morgan fingerprint density at radius 2 is 1.65 bits per heavy atom. The maximum atomic E-state index is 10.9. The topological polar surface area (TPSA) is 35.5 Å². The van der Waals surface area contributed by atoms with Gasteiger partial charge in [-0.2, -0.15) is 0 Å². The van der Waals surface area contributed by atoms with Crippen LogP contribution in [0.5, 0.6) is 0 Å². The molecule has 0 aliphatic heterocycles. The number of carbonyl (C=O) groups is 1. The van der Waals surface area contributed by atoms with Crippen LogP contribution >= 0.6 is 0 Å². The van der Waals surface area contributed by atoms with Gasteiger partial charge in [-0.25, -0.2) is 0 Å². The third kappa shape index (κ3) is 11.0. The zero-order valence-electron chi connectivity index (χ0n) is 13.7. The lowest BCUT2D eigenvalue weighted by atomic mass is 10.0. The van der Waals surface area contributed by atoms with Crippen molar-refractivity contribution in [1.29, 1.82) is 0 Å². The number of hydrogen-bond acceptors (Lipinski definition) is 3. The van der Waals surface area contributed by atoms with Crippen LogP contribution in [0, 0.1) is 5.92 Å². The minimum atomic E-state index is -0.0919. The summed E-state index contributed by atoms with van der Waals surface area (Å²) in [6.45, 7) is 4.38. The molecule has 0 N–H and O–H groups in total. The lowest BCUT2D eigenvalue weighted by Crippen LogP contribution is -2.16. The molecule has 0 aromatic carbocycles.